The van der Waals surface area contributed by atoms with Crippen LogP contribution in [-0.4, -0.2) is 56.6 Å². The Morgan fingerprint density at radius 2 is 1.96 bits per heavy atom. The first-order valence-electron chi connectivity index (χ1n) is 16.4. The van der Waals surface area contributed by atoms with E-state index in [4.69, 9.17) is 20.2 Å². The lowest BCUT2D eigenvalue weighted by molar-refractivity contribution is -0.172. The van der Waals surface area contributed by atoms with Crippen molar-refractivity contribution in [2.24, 2.45) is 5.73 Å². The molecule has 2 amide bonds. The van der Waals surface area contributed by atoms with Crippen LogP contribution in [0.15, 0.2) is 16.9 Å². The summed E-state index contributed by atoms with van der Waals surface area (Å²) in [6.45, 7) is 7.90. The highest BCUT2D eigenvalue weighted by Crippen LogP contribution is 2.46. The second kappa shape index (κ2) is 12.3. The van der Waals surface area contributed by atoms with Crippen LogP contribution in [0.3, 0.4) is 0 Å². The van der Waals surface area contributed by atoms with E-state index in [9.17, 15) is 29.1 Å². The molecule has 5 N–H and O–H groups in total. The summed E-state index contributed by atoms with van der Waals surface area (Å²) in [7, 11) is 0. The number of rotatable bonds is 8. The third kappa shape index (κ3) is 5.86. The monoisotopic (exact) mass is 677 g/mol. The number of nitrogens with two attached hydrogens (primary N) is 1. The van der Waals surface area contributed by atoms with Gasteiger partial charge in [0.2, 0.25) is 11.8 Å². The Balaban J connectivity index is 1.44. The molecule has 6 rings (SSSR count). The zero-order valence-corrected chi connectivity index (χ0v) is 28.1. The number of carbonyl (C=O) groups excluding carboxylic acids is 4. The van der Waals surface area contributed by atoms with Gasteiger partial charge in [0.15, 0.2) is 5.60 Å². The average Bonchev–Trinajstić information content (AvgIpc) is 3.41. The molecule has 13 nitrogen and oxygen atoms in total. The molecule has 14 heteroatoms. The molecule has 4 heterocycles. The zero-order chi connectivity index (χ0) is 35.6. The summed E-state index contributed by atoms with van der Waals surface area (Å²) in [5, 5.41) is 17.6. The largest absolute Gasteiger partial charge is 0.460 e. The third-order valence-corrected chi connectivity index (χ3v) is 9.59. The molecule has 0 spiro atoms. The van der Waals surface area contributed by atoms with Gasteiger partial charge in [0.1, 0.15) is 24.1 Å². The minimum Gasteiger partial charge on any atom is -0.460 e. The molecule has 2 aromatic heterocycles. The SMILES string of the molecule is CC[C@@]1(O)C(=O)OCc2c1cc1n(c2=O)Cc2c-1nc1cc(F)c(C)c3c1c2[C@@H](NC(=O)[C@H](CCC(=O)OC(C)(C)C)NC(=O)CN)CC3. The number of hydrogen-bond donors (Lipinski definition) is 4. The van der Waals surface area contributed by atoms with Gasteiger partial charge in [-0.25, -0.2) is 14.2 Å². The lowest BCUT2D eigenvalue weighted by Crippen LogP contribution is -2.49. The number of carbonyl (C=O) groups is 4. The number of cyclic esters (lactones) is 1. The third-order valence-electron chi connectivity index (χ3n) is 9.59. The van der Waals surface area contributed by atoms with Crippen molar-refractivity contribution in [3.8, 4) is 11.4 Å². The number of esters is 2. The van der Waals surface area contributed by atoms with Gasteiger partial charge in [-0.15, -0.1) is 0 Å². The van der Waals surface area contributed by atoms with Crippen molar-refractivity contribution in [2.75, 3.05) is 6.54 Å². The van der Waals surface area contributed by atoms with E-state index >= 15 is 4.39 Å². The van der Waals surface area contributed by atoms with Crippen LogP contribution in [0.4, 0.5) is 4.39 Å². The average molecular weight is 678 g/mol. The summed E-state index contributed by atoms with van der Waals surface area (Å²) >= 11 is 0. The Labute approximate surface area is 281 Å². The lowest BCUT2D eigenvalue weighted by Gasteiger charge is -2.31. The van der Waals surface area contributed by atoms with Crippen molar-refractivity contribution in [3.05, 3.63) is 61.7 Å². The van der Waals surface area contributed by atoms with Gasteiger partial charge in [-0.1, -0.05) is 6.92 Å². The molecular weight excluding hydrogens is 637 g/mol. The van der Waals surface area contributed by atoms with Crippen LogP contribution in [0, 0.1) is 12.7 Å². The highest BCUT2D eigenvalue weighted by Gasteiger charge is 2.46. The van der Waals surface area contributed by atoms with Crippen LogP contribution >= 0.6 is 0 Å². The first kappa shape index (κ1) is 34.2. The van der Waals surface area contributed by atoms with E-state index in [1.807, 2.05) is 0 Å². The van der Waals surface area contributed by atoms with Gasteiger partial charge in [0.05, 0.1) is 41.6 Å². The number of aryl methyl sites for hydroxylation is 1. The van der Waals surface area contributed by atoms with Gasteiger partial charge in [-0.3, -0.25) is 19.2 Å². The smallest absolute Gasteiger partial charge is 0.343 e. The van der Waals surface area contributed by atoms with E-state index in [2.05, 4.69) is 10.6 Å². The maximum Gasteiger partial charge on any atom is 0.343 e. The van der Waals surface area contributed by atoms with E-state index in [-0.39, 0.29) is 50.1 Å². The Morgan fingerprint density at radius 3 is 2.63 bits per heavy atom. The van der Waals surface area contributed by atoms with E-state index in [1.54, 1.807) is 40.7 Å². The molecule has 0 saturated heterocycles. The van der Waals surface area contributed by atoms with Crippen molar-refractivity contribution in [3.63, 3.8) is 0 Å². The number of fused-ring (bicyclic) bond motifs is 5. The maximum atomic E-state index is 15.3. The highest BCUT2D eigenvalue weighted by molar-refractivity contribution is 5.95. The Kier molecular flexibility index (Phi) is 8.60. The lowest BCUT2D eigenvalue weighted by atomic mass is 9.81. The number of hydrogen-bond acceptors (Lipinski definition) is 10. The van der Waals surface area contributed by atoms with E-state index < -0.39 is 58.4 Å². The van der Waals surface area contributed by atoms with Crippen molar-refractivity contribution >= 4 is 34.7 Å². The summed E-state index contributed by atoms with van der Waals surface area (Å²) in [6.07, 6.45) is 0.582. The molecule has 49 heavy (non-hydrogen) atoms. The first-order chi connectivity index (χ1) is 23.1. The molecule has 0 saturated carbocycles. The molecule has 3 aromatic rings. The van der Waals surface area contributed by atoms with Crippen LogP contribution in [-0.2, 0) is 53.8 Å². The summed E-state index contributed by atoms with van der Waals surface area (Å²) in [6, 6.07) is 1.15. The van der Waals surface area contributed by atoms with Crippen LogP contribution in [0.5, 0.6) is 0 Å². The molecule has 0 unspecified atom stereocenters. The molecule has 1 aromatic carbocycles. The molecule has 3 aliphatic rings. The Bertz CT molecular complexity index is 2000. The predicted molar refractivity (Wildman–Crippen MR) is 174 cm³/mol. The highest BCUT2D eigenvalue weighted by atomic mass is 19.1. The van der Waals surface area contributed by atoms with E-state index in [0.29, 0.717) is 51.8 Å². The van der Waals surface area contributed by atoms with Crippen molar-refractivity contribution < 1.29 is 38.1 Å². The number of nitrogens with one attached hydrogen (secondary N) is 2. The number of aromatic nitrogens is 2. The number of aliphatic hydroxyl groups is 1. The zero-order valence-electron chi connectivity index (χ0n) is 28.1. The van der Waals surface area contributed by atoms with E-state index in [1.165, 1.54) is 10.6 Å². The number of pyridine rings is 2. The van der Waals surface area contributed by atoms with Gasteiger partial charge in [-0.2, -0.15) is 0 Å². The van der Waals surface area contributed by atoms with Crippen molar-refractivity contribution in [1.82, 2.24) is 20.2 Å². The predicted octanol–water partition coefficient (Wildman–Crippen LogP) is 2.20. The summed E-state index contributed by atoms with van der Waals surface area (Å²) < 4.78 is 27.3. The molecule has 0 radical (unpaired) electrons. The van der Waals surface area contributed by atoms with Gasteiger partial charge in [-0.05, 0) is 76.1 Å². The summed E-state index contributed by atoms with van der Waals surface area (Å²) in [5.41, 5.74) is 6.16. The van der Waals surface area contributed by atoms with Crippen LogP contribution in [0.25, 0.3) is 22.3 Å². The molecule has 1 aliphatic carbocycles. The fourth-order valence-corrected chi connectivity index (χ4v) is 7.15. The second-order valence-electron chi connectivity index (χ2n) is 13.9. The molecular formula is C35H40FN5O8. The van der Waals surface area contributed by atoms with Crippen molar-refractivity contribution in [1.29, 1.82) is 0 Å². The standard InChI is InChI=1S/C35H40FN5O8/c1-6-35(47)20-11-25-30-18(14-41(25)32(45)19(20)15-48-33(35)46)29-22(8-7-17-16(2)21(36)12-24(39-30)28(17)29)40-31(44)23(38-26(42)13-37)9-10-27(43)49-34(3,4)5/h11-12,22-23,47H,6-10,13-15,37H2,1-5H3,(H,38,42)(H,40,44)/t22-,23-,35-/m0/s1. The number of benzene rings is 1. The quantitative estimate of drug-likeness (QED) is 0.201. The number of ether oxygens (including phenoxy) is 2. The van der Waals surface area contributed by atoms with Gasteiger partial charge in [0.25, 0.3) is 5.56 Å². The van der Waals surface area contributed by atoms with Gasteiger partial charge >= 0.3 is 11.9 Å². The Hall–Kier alpha value is -4.69. The minimum atomic E-state index is -2.02. The summed E-state index contributed by atoms with van der Waals surface area (Å²) in [4.78, 5) is 70.0. The molecule has 0 fully saturated rings. The topological polar surface area (TPSA) is 192 Å². The number of halogens is 1. The van der Waals surface area contributed by atoms with Gasteiger partial charge < -0.3 is 35.5 Å². The Morgan fingerprint density at radius 1 is 1.22 bits per heavy atom. The summed E-state index contributed by atoms with van der Waals surface area (Å²) in [5.74, 6) is -2.95. The minimum absolute atomic E-state index is 0.0251. The maximum absolute atomic E-state index is 15.3. The van der Waals surface area contributed by atoms with Gasteiger partial charge in [0, 0.05) is 29.0 Å². The molecule has 260 valence electrons. The first-order valence-corrected chi connectivity index (χ1v) is 16.4. The molecule has 2 aliphatic heterocycles. The number of nitrogens with zero attached hydrogens (tertiary/aromatic N) is 2. The molecule has 0 bridgehead atoms. The fourth-order valence-electron chi connectivity index (χ4n) is 7.15. The number of amides is 2. The normalized spacial score (nSPS) is 19.8. The van der Waals surface area contributed by atoms with Crippen LogP contribution in [0.2, 0.25) is 0 Å². The second-order valence-corrected chi connectivity index (χ2v) is 13.9. The van der Waals surface area contributed by atoms with Crippen molar-refractivity contribution in [2.45, 2.75) is 103 Å². The van der Waals surface area contributed by atoms with Crippen LogP contribution < -0.4 is 21.9 Å². The molecule has 3 atom stereocenters. The van der Waals surface area contributed by atoms with Crippen LogP contribution in [0.1, 0.15) is 92.8 Å². The fraction of sp³-hybridized carbons (Fsp3) is 0.486. The van der Waals surface area contributed by atoms with E-state index in [0.717, 1.165) is 5.56 Å².